The van der Waals surface area contributed by atoms with Crippen LogP contribution in [0.15, 0.2) is 36.4 Å². The molecule has 0 amide bonds. The van der Waals surface area contributed by atoms with E-state index in [2.05, 4.69) is 58.6 Å². The van der Waals surface area contributed by atoms with Crippen molar-refractivity contribution >= 4 is 0 Å². The topological polar surface area (TPSA) is 30.9 Å². The minimum Gasteiger partial charge on any atom is -0.489 e. The summed E-state index contributed by atoms with van der Waals surface area (Å²) in [5, 5.41) is 0. The molecule has 5 heteroatoms. The summed E-state index contributed by atoms with van der Waals surface area (Å²) >= 11 is 0. The molecular weight excluding hydrogens is 453 g/mol. The maximum atomic E-state index is 13.7. The Bertz CT molecular complexity index is 1010. The Hall–Kier alpha value is -2.27. The van der Waals surface area contributed by atoms with Gasteiger partial charge < -0.3 is 14.2 Å². The quantitative estimate of drug-likeness (QED) is 0.440. The van der Waals surface area contributed by atoms with Crippen molar-refractivity contribution in [2.24, 2.45) is 5.92 Å². The molecule has 2 aromatic carbocycles. The zero-order chi connectivity index (χ0) is 25.9. The Labute approximate surface area is 217 Å². The maximum absolute atomic E-state index is 13.7. The molecule has 2 fully saturated rings. The molecule has 1 unspecified atom stereocenters. The normalized spacial score (nSPS) is 20.0. The van der Waals surface area contributed by atoms with Gasteiger partial charge in [-0.1, -0.05) is 53.7 Å². The highest BCUT2D eigenvalue weighted by molar-refractivity contribution is 5.46. The fourth-order valence-corrected chi connectivity index (χ4v) is 4.63. The van der Waals surface area contributed by atoms with E-state index in [1.54, 1.807) is 0 Å². The van der Waals surface area contributed by atoms with Crippen LogP contribution in [0.1, 0.15) is 78.4 Å². The molecule has 0 bridgehead atoms. The summed E-state index contributed by atoms with van der Waals surface area (Å²) in [4.78, 5) is 2.37. The van der Waals surface area contributed by atoms with E-state index < -0.39 is 0 Å². The fourth-order valence-electron chi connectivity index (χ4n) is 4.63. The molecule has 0 radical (unpaired) electrons. The van der Waals surface area contributed by atoms with Gasteiger partial charge in [0.1, 0.15) is 19.3 Å². The summed E-state index contributed by atoms with van der Waals surface area (Å²) in [5.74, 6) is 2.66. The lowest BCUT2D eigenvalue weighted by Crippen LogP contribution is -2.31. The third-order valence-electron chi connectivity index (χ3n) is 7.30. The van der Waals surface area contributed by atoms with Gasteiger partial charge in [-0.2, -0.15) is 0 Å². The summed E-state index contributed by atoms with van der Waals surface area (Å²) in [6.45, 7) is 17.5. The van der Waals surface area contributed by atoms with Crippen LogP contribution in [0.2, 0.25) is 0 Å². The van der Waals surface area contributed by atoms with Gasteiger partial charge in [-0.15, -0.1) is 0 Å². The fraction of sp³-hybridized carbons (Fsp3) is 0.613. The molecule has 0 N–H and O–H groups in total. The minimum absolute atomic E-state index is 0.0146. The Morgan fingerprint density at radius 2 is 1.53 bits per heavy atom. The maximum Gasteiger partial charge on any atom is 0.165 e. The zero-order valence-electron chi connectivity index (χ0n) is 23.0. The molecule has 2 aromatic rings. The van der Waals surface area contributed by atoms with Crippen molar-refractivity contribution in [1.29, 1.82) is 0 Å². The number of nitrogens with zero attached hydrogens (tertiary/aromatic N) is 1. The van der Waals surface area contributed by atoms with Gasteiger partial charge in [0.05, 0.1) is 0 Å². The number of rotatable bonds is 5. The van der Waals surface area contributed by atoms with E-state index in [0.717, 1.165) is 42.6 Å². The molecule has 4 nitrogen and oxygen atoms in total. The van der Waals surface area contributed by atoms with Crippen molar-refractivity contribution in [3.63, 3.8) is 0 Å². The number of benzene rings is 2. The molecule has 1 aliphatic carbocycles. The molecule has 0 spiro atoms. The van der Waals surface area contributed by atoms with Crippen molar-refractivity contribution in [2.45, 2.75) is 84.2 Å². The van der Waals surface area contributed by atoms with Gasteiger partial charge in [-0.3, -0.25) is 4.90 Å². The molecule has 3 aliphatic rings. The highest BCUT2D eigenvalue weighted by atomic mass is 19.1. The monoisotopic (exact) mass is 497 g/mol. The molecule has 1 saturated carbocycles. The van der Waals surface area contributed by atoms with Crippen LogP contribution in [0.5, 0.6) is 17.2 Å². The largest absolute Gasteiger partial charge is 0.489 e. The second-order valence-corrected chi connectivity index (χ2v) is 12.5. The lowest BCUT2D eigenvalue weighted by molar-refractivity contribution is 0.0755. The number of ether oxygens (including phenoxy) is 3. The lowest BCUT2D eigenvalue weighted by Gasteiger charge is -2.28. The van der Waals surface area contributed by atoms with E-state index in [9.17, 15) is 4.39 Å². The van der Waals surface area contributed by atoms with Crippen LogP contribution < -0.4 is 14.2 Å². The first-order valence-corrected chi connectivity index (χ1v) is 13.6. The third kappa shape index (κ3) is 7.15. The first kappa shape index (κ1) is 26.8. The van der Waals surface area contributed by atoms with Gasteiger partial charge in [0.25, 0.3) is 0 Å². The van der Waals surface area contributed by atoms with Crippen LogP contribution in [-0.4, -0.2) is 43.9 Å². The van der Waals surface area contributed by atoms with Crippen molar-refractivity contribution in [3.8, 4) is 17.2 Å². The highest BCUT2D eigenvalue weighted by Gasteiger charge is 2.36. The standard InChI is InChI=1S/C16H24FNO.C15H20O2/c1-16(2,3)13-6-7-14(17)15(12-13)19-11-10-18-8-4-5-9-18;1-15(2,3)11-6-7-12-13(8-11)17-14(9-16-12)10-4-5-10/h6-7,12H,4-5,8-11H2,1-3H3;6-8,10,14H,4-5,9H2,1-3H3. The summed E-state index contributed by atoms with van der Waals surface area (Å²) in [6, 6.07) is 11.5. The molecule has 0 aromatic heterocycles. The lowest BCUT2D eigenvalue weighted by atomic mass is 9.87. The van der Waals surface area contributed by atoms with Crippen LogP contribution in [-0.2, 0) is 10.8 Å². The number of fused-ring (bicyclic) bond motifs is 1. The average molecular weight is 498 g/mol. The average Bonchev–Trinajstić information content (AvgIpc) is 3.55. The zero-order valence-corrected chi connectivity index (χ0v) is 23.0. The van der Waals surface area contributed by atoms with Gasteiger partial charge >= 0.3 is 0 Å². The van der Waals surface area contributed by atoms with Crippen LogP contribution in [0.25, 0.3) is 0 Å². The minimum atomic E-state index is -0.269. The number of hydrogen-bond acceptors (Lipinski definition) is 4. The van der Waals surface area contributed by atoms with Crippen molar-refractivity contribution in [1.82, 2.24) is 4.90 Å². The van der Waals surface area contributed by atoms with Crippen molar-refractivity contribution in [2.75, 3.05) is 32.8 Å². The Morgan fingerprint density at radius 1 is 0.889 bits per heavy atom. The van der Waals surface area contributed by atoms with E-state index in [1.165, 1.54) is 37.3 Å². The van der Waals surface area contributed by atoms with Gasteiger partial charge in [-0.25, -0.2) is 4.39 Å². The van der Waals surface area contributed by atoms with Crippen LogP contribution >= 0.6 is 0 Å². The molecule has 2 heterocycles. The Morgan fingerprint density at radius 3 is 2.17 bits per heavy atom. The first-order chi connectivity index (χ1) is 17.0. The second kappa shape index (κ2) is 11.0. The van der Waals surface area contributed by atoms with E-state index in [0.29, 0.717) is 19.0 Å². The molecule has 1 saturated heterocycles. The Kier molecular flexibility index (Phi) is 8.18. The molecule has 36 heavy (non-hydrogen) atoms. The summed E-state index contributed by atoms with van der Waals surface area (Å²) < 4.78 is 31.2. The molecule has 1 atom stereocenters. The van der Waals surface area contributed by atoms with Gasteiger partial charge in [0.15, 0.2) is 23.1 Å². The van der Waals surface area contributed by atoms with Crippen LogP contribution in [0.4, 0.5) is 4.39 Å². The predicted octanol–water partition coefficient (Wildman–Crippen LogP) is 7.13. The summed E-state index contributed by atoms with van der Waals surface area (Å²) in [6.07, 6.45) is 5.41. The van der Waals surface area contributed by atoms with E-state index >= 15 is 0 Å². The summed E-state index contributed by atoms with van der Waals surface area (Å²) in [7, 11) is 0. The summed E-state index contributed by atoms with van der Waals surface area (Å²) in [5.41, 5.74) is 2.58. The number of halogens is 1. The van der Waals surface area contributed by atoms with E-state index in [4.69, 9.17) is 14.2 Å². The van der Waals surface area contributed by atoms with Gasteiger partial charge in [0.2, 0.25) is 0 Å². The molecule has 5 rings (SSSR count). The van der Waals surface area contributed by atoms with E-state index in [1.807, 2.05) is 18.2 Å². The number of likely N-dealkylation sites (tertiary alicyclic amines) is 1. The smallest absolute Gasteiger partial charge is 0.165 e. The second-order valence-electron chi connectivity index (χ2n) is 12.5. The van der Waals surface area contributed by atoms with Gasteiger partial charge in [-0.05, 0) is 90.9 Å². The van der Waals surface area contributed by atoms with Crippen molar-refractivity contribution in [3.05, 3.63) is 53.3 Å². The third-order valence-corrected chi connectivity index (χ3v) is 7.30. The first-order valence-electron chi connectivity index (χ1n) is 13.6. The van der Waals surface area contributed by atoms with Crippen LogP contribution in [0, 0.1) is 11.7 Å². The number of hydrogen-bond donors (Lipinski definition) is 0. The van der Waals surface area contributed by atoms with Gasteiger partial charge in [0, 0.05) is 6.54 Å². The molecule has 2 aliphatic heterocycles. The van der Waals surface area contributed by atoms with E-state index in [-0.39, 0.29) is 22.8 Å². The SMILES string of the molecule is CC(C)(C)c1ccc(F)c(OCCN2CCCC2)c1.CC(C)(C)c1ccc2c(c1)OC(C1CC1)CO2. The highest BCUT2D eigenvalue weighted by Crippen LogP contribution is 2.42. The molecular formula is C31H44FNO3. The predicted molar refractivity (Wildman–Crippen MR) is 144 cm³/mol. The van der Waals surface area contributed by atoms with Crippen molar-refractivity contribution < 1.29 is 18.6 Å². The van der Waals surface area contributed by atoms with Crippen LogP contribution in [0.3, 0.4) is 0 Å². The molecule has 198 valence electrons. The Balaban J connectivity index is 0.000000170.